The first-order valence-electron chi connectivity index (χ1n) is 6.10. The van der Waals surface area contributed by atoms with Gasteiger partial charge >= 0.3 is 5.97 Å². The number of carbonyl (C=O) groups excluding carboxylic acids is 1. The smallest absolute Gasteiger partial charge is 0.333 e. The van der Waals surface area contributed by atoms with E-state index in [1.807, 2.05) is 14.1 Å². The van der Waals surface area contributed by atoms with Crippen molar-refractivity contribution in [2.24, 2.45) is 0 Å². The zero-order valence-electron chi connectivity index (χ0n) is 12.5. The first-order chi connectivity index (χ1) is 8.49. The molecule has 0 radical (unpaired) electrons. The van der Waals surface area contributed by atoms with Crippen LogP contribution in [-0.2, 0) is 19.6 Å². The fourth-order valence-electron chi connectivity index (χ4n) is 1.59. The molecule has 0 saturated carbocycles. The van der Waals surface area contributed by atoms with Gasteiger partial charge in [-0.15, -0.1) is 0 Å². The summed E-state index contributed by atoms with van der Waals surface area (Å²) in [7, 11) is -0.397. The molecule has 1 atom stereocenters. The Balaban J connectivity index is 0. The Bertz CT molecular complexity index is 429. The van der Waals surface area contributed by atoms with Crippen molar-refractivity contribution in [3.05, 3.63) is 12.2 Å². The largest absolute Gasteiger partial charge is 0.870 e. The number of likely N-dealkylation sites (N-methyl/N-ethyl adjacent to an activating group) is 1. The molecule has 0 aromatic rings. The molecule has 0 aromatic heterocycles. The topological polar surface area (TPSA) is 111 Å². The zero-order valence-corrected chi connectivity index (χ0v) is 13.3. The molecular formula is C12H25NO6S. The zero-order chi connectivity index (χ0) is 15.3. The van der Waals surface area contributed by atoms with E-state index < -0.39 is 21.3 Å². The summed E-state index contributed by atoms with van der Waals surface area (Å²) >= 11 is 0. The standard InChI is InChI=1S/C12H23NO5S.H2O/c1-6-11(19(15,16)17)9-13(4,5)7-8-18-12(14)10(2)3;/h11H,2,6-9H2,1,3-5H3;1H2. The second kappa shape index (κ2) is 8.35. The molecule has 0 saturated heterocycles. The molecule has 20 heavy (non-hydrogen) atoms. The van der Waals surface area contributed by atoms with Gasteiger partial charge in [-0.05, 0) is 13.3 Å². The Labute approximate surface area is 120 Å². The molecule has 0 aliphatic heterocycles. The number of carbonyl (C=O) groups is 1. The third kappa shape index (κ3) is 8.26. The van der Waals surface area contributed by atoms with Crippen LogP contribution in [0.4, 0.5) is 0 Å². The Morgan fingerprint density at radius 2 is 1.90 bits per heavy atom. The molecule has 0 spiro atoms. The highest BCUT2D eigenvalue weighted by atomic mass is 32.2. The molecule has 8 heteroatoms. The fourth-order valence-corrected chi connectivity index (χ4v) is 2.60. The van der Waals surface area contributed by atoms with E-state index >= 15 is 0 Å². The molecule has 1 unspecified atom stereocenters. The summed E-state index contributed by atoms with van der Waals surface area (Å²) in [6.07, 6.45) is 0.339. The van der Waals surface area contributed by atoms with Gasteiger partial charge in [-0.1, -0.05) is 13.5 Å². The lowest BCUT2D eigenvalue weighted by molar-refractivity contribution is -0.890. The van der Waals surface area contributed by atoms with Crippen LogP contribution in [0.25, 0.3) is 0 Å². The van der Waals surface area contributed by atoms with Crippen molar-refractivity contribution in [2.75, 3.05) is 33.8 Å². The molecule has 0 amide bonds. The number of hydrogen-bond acceptors (Lipinski definition) is 5. The maximum Gasteiger partial charge on any atom is 0.333 e. The van der Waals surface area contributed by atoms with Crippen molar-refractivity contribution in [3.8, 4) is 0 Å². The minimum Gasteiger partial charge on any atom is -0.870 e. The number of nitrogens with zero attached hydrogens (tertiary/aromatic N) is 1. The van der Waals surface area contributed by atoms with Gasteiger partial charge in [0.2, 0.25) is 0 Å². The minimum atomic E-state index is -4.04. The summed E-state index contributed by atoms with van der Waals surface area (Å²) in [5.74, 6) is -0.457. The van der Waals surface area contributed by atoms with Gasteiger partial charge in [-0.3, -0.25) is 4.55 Å². The highest BCUT2D eigenvalue weighted by Gasteiger charge is 2.29. The molecule has 0 aromatic carbocycles. The van der Waals surface area contributed by atoms with Crippen molar-refractivity contribution in [2.45, 2.75) is 25.5 Å². The molecule has 0 heterocycles. The van der Waals surface area contributed by atoms with Gasteiger partial charge in [0.1, 0.15) is 18.4 Å². The third-order valence-corrected chi connectivity index (χ3v) is 4.18. The first-order valence-corrected chi connectivity index (χ1v) is 7.61. The maximum atomic E-state index is 11.2. The lowest BCUT2D eigenvalue weighted by Crippen LogP contribution is -2.49. The highest BCUT2D eigenvalue weighted by molar-refractivity contribution is 7.86. The molecule has 0 aliphatic carbocycles. The Hall–Kier alpha value is -0.960. The maximum absolute atomic E-state index is 11.2. The third-order valence-electron chi connectivity index (χ3n) is 2.85. The predicted octanol–water partition coefficient (Wildman–Crippen LogP) is 0.672. The quantitative estimate of drug-likeness (QED) is 0.305. The first kappa shape index (κ1) is 21.3. The van der Waals surface area contributed by atoms with E-state index in [1.165, 1.54) is 0 Å². The minimum absolute atomic E-state index is 0. The number of quaternary nitrogens is 1. The number of esters is 1. The normalized spacial score (nSPS) is 13.2. The fraction of sp³-hybridized carbons (Fsp3) is 0.750. The Kier molecular flexibility index (Phi) is 8.91. The summed E-state index contributed by atoms with van der Waals surface area (Å²) in [4.78, 5) is 11.2. The van der Waals surface area contributed by atoms with Crippen LogP contribution >= 0.6 is 0 Å². The molecule has 7 nitrogen and oxygen atoms in total. The second-order valence-electron chi connectivity index (χ2n) is 5.30. The van der Waals surface area contributed by atoms with E-state index in [2.05, 4.69) is 6.58 Å². The molecule has 2 N–H and O–H groups in total. The van der Waals surface area contributed by atoms with E-state index in [9.17, 15) is 13.2 Å². The average Bonchev–Trinajstić information content (AvgIpc) is 2.23. The van der Waals surface area contributed by atoms with Gasteiger partial charge in [0.05, 0.1) is 20.6 Å². The van der Waals surface area contributed by atoms with Crippen molar-refractivity contribution < 1.29 is 32.5 Å². The number of rotatable bonds is 8. The van der Waals surface area contributed by atoms with Gasteiger partial charge in [-0.2, -0.15) is 8.42 Å². The van der Waals surface area contributed by atoms with Gasteiger partial charge in [0.25, 0.3) is 10.1 Å². The van der Waals surface area contributed by atoms with Crippen LogP contribution in [0.1, 0.15) is 20.3 Å². The monoisotopic (exact) mass is 311 g/mol. The van der Waals surface area contributed by atoms with E-state index in [4.69, 9.17) is 9.29 Å². The van der Waals surface area contributed by atoms with Crippen LogP contribution < -0.4 is 0 Å². The molecule has 0 fully saturated rings. The van der Waals surface area contributed by atoms with E-state index in [1.54, 1.807) is 13.8 Å². The van der Waals surface area contributed by atoms with Crippen molar-refractivity contribution in [1.29, 1.82) is 0 Å². The summed E-state index contributed by atoms with van der Waals surface area (Å²) in [6.45, 7) is 7.65. The van der Waals surface area contributed by atoms with E-state index in [-0.39, 0.29) is 18.6 Å². The van der Waals surface area contributed by atoms with Gasteiger partial charge in [0, 0.05) is 5.57 Å². The van der Waals surface area contributed by atoms with Crippen molar-refractivity contribution in [1.82, 2.24) is 0 Å². The van der Waals surface area contributed by atoms with Crippen molar-refractivity contribution >= 4 is 16.1 Å². The summed E-state index contributed by atoms with van der Waals surface area (Å²) < 4.78 is 36.7. The van der Waals surface area contributed by atoms with E-state index in [0.717, 1.165) is 0 Å². The van der Waals surface area contributed by atoms with Gasteiger partial charge < -0.3 is 14.7 Å². The molecule has 120 valence electrons. The summed E-state index contributed by atoms with van der Waals surface area (Å²) in [5.41, 5.74) is 0.328. The van der Waals surface area contributed by atoms with Crippen LogP contribution in [0.5, 0.6) is 0 Å². The lowest BCUT2D eigenvalue weighted by Gasteiger charge is -2.32. The number of ether oxygens (including phenoxy) is 1. The number of hydrogen-bond donors (Lipinski definition) is 1. The molecule has 0 aliphatic rings. The SMILES string of the molecule is C=C(C)C(=O)OCC[N+](C)(C)CC(CC)S(=O)(=O)O.[OH-]. The predicted molar refractivity (Wildman–Crippen MR) is 75.2 cm³/mol. The highest BCUT2D eigenvalue weighted by Crippen LogP contribution is 2.10. The van der Waals surface area contributed by atoms with Gasteiger partial charge in [0.15, 0.2) is 0 Å². The van der Waals surface area contributed by atoms with Gasteiger partial charge in [-0.25, -0.2) is 4.79 Å². The van der Waals surface area contributed by atoms with Crippen LogP contribution in [0.3, 0.4) is 0 Å². The van der Waals surface area contributed by atoms with Crippen LogP contribution in [0.15, 0.2) is 12.2 Å². The average molecular weight is 311 g/mol. The Morgan fingerprint density at radius 3 is 2.25 bits per heavy atom. The van der Waals surface area contributed by atoms with E-state index in [0.29, 0.717) is 23.0 Å². The van der Waals surface area contributed by atoms with Crippen molar-refractivity contribution in [3.63, 3.8) is 0 Å². The summed E-state index contributed by atoms with van der Waals surface area (Å²) in [6, 6.07) is 0. The van der Waals surface area contributed by atoms with Crippen LogP contribution in [0.2, 0.25) is 0 Å². The summed E-state index contributed by atoms with van der Waals surface area (Å²) in [5, 5.41) is -0.806. The Morgan fingerprint density at radius 1 is 1.40 bits per heavy atom. The van der Waals surface area contributed by atoms with Crippen LogP contribution in [0, 0.1) is 0 Å². The van der Waals surface area contributed by atoms with Crippen LogP contribution in [-0.4, -0.2) is 67.9 Å². The molecule has 0 rings (SSSR count). The molecular weight excluding hydrogens is 286 g/mol. The molecule has 0 bridgehead atoms. The second-order valence-corrected chi connectivity index (χ2v) is 7.00. The lowest BCUT2D eigenvalue weighted by atomic mass is 10.3.